The van der Waals surface area contributed by atoms with Gasteiger partial charge in [-0.1, -0.05) is 24.3 Å². The van der Waals surface area contributed by atoms with Crippen molar-refractivity contribution in [3.63, 3.8) is 0 Å². The Labute approximate surface area is 108 Å². The van der Waals surface area contributed by atoms with Gasteiger partial charge in [0.25, 0.3) is 5.91 Å². The highest BCUT2D eigenvalue weighted by Crippen LogP contribution is 2.13. The molecule has 3 nitrogen and oxygen atoms in total. The number of carbonyl (C=O) groups is 1. The second-order valence-corrected chi connectivity index (χ2v) is 4.43. The van der Waals surface area contributed by atoms with Gasteiger partial charge in [0.1, 0.15) is 10.4 Å². The number of halogens is 1. The molecule has 1 heterocycles. The summed E-state index contributed by atoms with van der Waals surface area (Å²) in [6.07, 6.45) is 0. The average Bonchev–Trinajstić information content (AvgIpc) is 2.29. The van der Waals surface area contributed by atoms with E-state index in [-0.39, 0.29) is 5.91 Å². The molecule has 0 aliphatic heterocycles. The number of hydrogen-bond acceptors (Lipinski definition) is 2. The molecule has 0 unspecified atom stereocenters. The lowest BCUT2D eigenvalue weighted by molar-refractivity contribution is 0.102. The van der Waals surface area contributed by atoms with Gasteiger partial charge in [0.15, 0.2) is 0 Å². The molecule has 2 aromatic rings. The van der Waals surface area contributed by atoms with Gasteiger partial charge in [0.2, 0.25) is 0 Å². The van der Waals surface area contributed by atoms with E-state index in [1.54, 1.807) is 12.1 Å². The fourth-order valence-corrected chi connectivity index (χ4v) is 1.83. The number of rotatable bonds is 2. The summed E-state index contributed by atoms with van der Waals surface area (Å²) in [5.74, 6) is 0.390. The van der Waals surface area contributed by atoms with Crippen molar-refractivity contribution in [1.82, 2.24) is 4.98 Å². The Balaban J connectivity index is 2.20. The maximum absolute atomic E-state index is 12.0. The number of nitrogens with one attached hydrogen (secondary N) is 1. The summed E-state index contributed by atoms with van der Waals surface area (Å²) in [5.41, 5.74) is 1.61. The third-order valence-corrected chi connectivity index (χ3v) is 2.79. The lowest BCUT2D eigenvalue weighted by Gasteiger charge is -2.06. The first kappa shape index (κ1) is 11.8. The van der Waals surface area contributed by atoms with Crippen molar-refractivity contribution < 1.29 is 4.79 Å². The molecule has 0 atom stereocenters. The molecule has 1 aromatic carbocycles. The molecule has 0 spiro atoms. The van der Waals surface area contributed by atoms with Crippen molar-refractivity contribution in [3.8, 4) is 0 Å². The molecule has 1 aromatic heterocycles. The Morgan fingerprint density at radius 3 is 2.65 bits per heavy atom. The molecule has 0 fully saturated rings. The molecular weight excluding hydrogens is 280 g/mol. The zero-order valence-corrected chi connectivity index (χ0v) is 10.9. The number of aromatic nitrogens is 1. The first-order valence-electron chi connectivity index (χ1n) is 5.16. The standard InChI is InChI=1S/C13H11BrN2O/c1-9-5-2-3-6-10(9)13(17)16-12-8-4-7-11(14)15-12/h2-8H,1H3,(H,15,16,17). The van der Waals surface area contributed by atoms with Gasteiger partial charge in [-0.3, -0.25) is 4.79 Å². The summed E-state index contributed by atoms with van der Waals surface area (Å²) in [4.78, 5) is 16.1. The summed E-state index contributed by atoms with van der Waals surface area (Å²) in [6, 6.07) is 12.8. The third kappa shape index (κ3) is 2.91. The van der Waals surface area contributed by atoms with Gasteiger partial charge in [-0.2, -0.15) is 0 Å². The van der Waals surface area contributed by atoms with Crippen molar-refractivity contribution in [1.29, 1.82) is 0 Å². The Bertz CT molecular complexity index is 555. The number of pyridine rings is 1. The van der Waals surface area contributed by atoms with Gasteiger partial charge in [0, 0.05) is 5.56 Å². The molecule has 4 heteroatoms. The molecule has 1 amide bonds. The van der Waals surface area contributed by atoms with Crippen LogP contribution in [-0.4, -0.2) is 10.9 Å². The Hall–Kier alpha value is -1.68. The number of amides is 1. The van der Waals surface area contributed by atoms with Gasteiger partial charge in [-0.05, 0) is 46.6 Å². The van der Waals surface area contributed by atoms with E-state index in [0.29, 0.717) is 16.0 Å². The fourth-order valence-electron chi connectivity index (χ4n) is 1.49. The lowest BCUT2D eigenvalue weighted by Crippen LogP contribution is -2.14. The number of nitrogens with zero attached hydrogens (tertiary/aromatic N) is 1. The Morgan fingerprint density at radius 2 is 1.94 bits per heavy atom. The van der Waals surface area contributed by atoms with Gasteiger partial charge in [-0.25, -0.2) is 4.98 Å². The number of anilines is 1. The molecule has 2 rings (SSSR count). The summed E-state index contributed by atoms with van der Waals surface area (Å²) in [6.45, 7) is 1.91. The fraction of sp³-hybridized carbons (Fsp3) is 0.0769. The smallest absolute Gasteiger partial charge is 0.257 e. The molecule has 0 aliphatic carbocycles. The number of carbonyl (C=O) groups excluding carboxylic acids is 1. The maximum Gasteiger partial charge on any atom is 0.257 e. The molecule has 0 radical (unpaired) electrons. The zero-order chi connectivity index (χ0) is 12.3. The zero-order valence-electron chi connectivity index (χ0n) is 9.27. The quantitative estimate of drug-likeness (QED) is 0.862. The van der Waals surface area contributed by atoms with Crippen LogP contribution in [0, 0.1) is 6.92 Å². The van der Waals surface area contributed by atoms with Crippen LogP contribution in [0.2, 0.25) is 0 Å². The number of aryl methyl sites for hydroxylation is 1. The molecule has 0 bridgehead atoms. The SMILES string of the molecule is Cc1ccccc1C(=O)Nc1cccc(Br)n1. The number of hydrogen-bond donors (Lipinski definition) is 1. The second kappa shape index (κ2) is 5.10. The van der Waals surface area contributed by atoms with Gasteiger partial charge < -0.3 is 5.32 Å². The largest absolute Gasteiger partial charge is 0.307 e. The van der Waals surface area contributed by atoms with Gasteiger partial charge in [-0.15, -0.1) is 0 Å². The van der Waals surface area contributed by atoms with Crippen molar-refractivity contribution in [2.24, 2.45) is 0 Å². The highest BCUT2D eigenvalue weighted by Gasteiger charge is 2.08. The van der Waals surface area contributed by atoms with Crippen molar-refractivity contribution in [3.05, 3.63) is 58.2 Å². The second-order valence-electron chi connectivity index (χ2n) is 3.61. The van der Waals surface area contributed by atoms with Crippen LogP contribution in [0.4, 0.5) is 5.82 Å². The van der Waals surface area contributed by atoms with Gasteiger partial charge in [0.05, 0.1) is 0 Å². The predicted molar refractivity (Wildman–Crippen MR) is 71.1 cm³/mol. The van der Waals surface area contributed by atoms with Crippen LogP contribution in [0.15, 0.2) is 47.1 Å². The molecule has 17 heavy (non-hydrogen) atoms. The topological polar surface area (TPSA) is 42.0 Å². The lowest BCUT2D eigenvalue weighted by atomic mass is 10.1. The van der Waals surface area contributed by atoms with Crippen LogP contribution >= 0.6 is 15.9 Å². The molecule has 0 saturated carbocycles. The van der Waals surface area contributed by atoms with E-state index >= 15 is 0 Å². The predicted octanol–water partition coefficient (Wildman–Crippen LogP) is 3.40. The van der Waals surface area contributed by atoms with Crippen molar-refractivity contribution in [2.45, 2.75) is 6.92 Å². The summed E-state index contributed by atoms with van der Waals surface area (Å²) < 4.78 is 0.695. The molecular formula is C13H11BrN2O. The maximum atomic E-state index is 12.0. The molecule has 0 aliphatic rings. The van der Waals surface area contributed by atoms with Gasteiger partial charge >= 0.3 is 0 Å². The molecule has 86 valence electrons. The van der Waals surface area contributed by atoms with Crippen molar-refractivity contribution in [2.75, 3.05) is 5.32 Å². The highest BCUT2D eigenvalue weighted by atomic mass is 79.9. The monoisotopic (exact) mass is 290 g/mol. The van der Waals surface area contributed by atoms with E-state index in [1.807, 2.05) is 37.3 Å². The summed E-state index contributed by atoms with van der Waals surface area (Å²) in [7, 11) is 0. The first-order valence-corrected chi connectivity index (χ1v) is 5.95. The van der Waals surface area contributed by atoms with Crippen LogP contribution in [0.5, 0.6) is 0 Å². The van der Waals surface area contributed by atoms with E-state index in [0.717, 1.165) is 5.56 Å². The number of benzene rings is 1. The van der Waals surface area contributed by atoms with Crippen LogP contribution in [-0.2, 0) is 0 Å². The summed E-state index contributed by atoms with van der Waals surface area (Å²) in [5, 5.41) is 2.76. The summed E-state index contributed by atoms with van der Waals surface area (Å²) >= 11 is 3.26. The van der Waals surface area contributed by atoms with Crippen LogP contribution in [0.25, 0.3) is 0 Å². The van der Waals surface area contributed by atoms with E-state index in [1.165, 1.54) is 0 Å². The molecule has 0 saturated heterocycles. The van der Waals surface area contributed by atoms with Crippen molar-refractivity contribution >= 4 is 27.7 Å². The average molecular weight is 291 g/mol. The van der Waals surface area contributed by atoms with Crippen LogP contribution in [0.1, 0.15) is 15.9 Å². The minimum absolute atomic E-state index is 0.145. The van der Waals surface area contributed by atoms with E-state index < -0.39 is 0 Å². The first-order chi connectivity index (χ1) is 8.16. The molecule has 1 N–H and O–H groups in total. The highest BCUT2D eigenvalue weighted by molar-refractivity contribution is 9.10. The Kier molecular flexibility index (Phi) is 3.54. The normalized spacial score (nSPS) is 10.0. The minimum Gasteiger partial charge on any atom is -0.307 e. The van der Waals surface area contributed by atoms with E-state index in [4.69, 9.17) is 0 Å². The minimum atomic E-state index is -0.145. The van der Waals surface area contributed by atoms with E-state index in [2.05, 4.69) is 26.2 Å². The Morgan fingerprint density at radius 1 is 1.18 bits per heavy atom. The van der Waals surface area contributed by atoms with E-state index in [9.17, 15) is 4.79 Å². The van der Waals surface area contributed by atoms with Crippen LogP contribution in [0.3, 0.4) is 0 Å². The van der Waals surface area contributed by atoms with Crippen LogP contribution < -0.4 is 5.32 Å². The third-order valence-electron chi connectivity index (χ3n) is 2.35.